The highest BCUT2D eigenvalue weighted by Crippen LogP contribution is 2.17. The van der Waals surface area contributed by atoms with Gasteiger partial charge in [0.05, 0.1) is 44.2 Å². The molecule has 0 aliphatic rings. The number of H-pyrrole nitrogens is 1. The molecule has 0 fully saturated rings. The maximum Gasteiger partial charge on any atom is 0.327 e. The van der Waals surface area contributed by atoms with Crippen LogP contribution in [0.2, 0.25) is 0 Å². The van der Waals surface area contributed by atoms with Crippen LogP contribution in [-0.2, 0) is 46.3 Å². The quantitative estimate of drug-likeness (QED) is 0.0271. The highest BCUT2D eigenvalue weighted by Gasteiger charge is 2.24. The number of aryl methyl sites for hydroxylation is 2. The maximum atomic E-state index is 12.9. The summed E-state index contributed by atoms with van der Waals surface area (Å²) < 4.78 is 10.6. The van der Waals surface area contributed by atoms with E-state index in [2.05, 4.69) is 48.5 Å². The van der Waals surface area contributed by atoms with Crippen LogP contribution >= 0.6 is 12.6 Å². The molecule has 298 valence electrons. The molecule has 0 saturated heterocycles. The molecule has 10 N–H and O–H groups in total. The molecule has 0 bridgehead atoms. The van der Waals surface area contributed by atoms with E-state index in [1.54, 1.807) is 24.3 Å². The topological polar surface area (TPSA) is 321 Å². The van der Waals surface area contributed by atoms with Gasteiger partial charge in [-0.1, -0.05) is 24.3 Å². The number of carboxylic acid groups (broad SMARTS) is 2. The fraction of sp³-hybridized carbons (Fsp3) is 0.471. The first kappa shape index (κ1) is 43.9. The van der Waals surface area contributed by atoms with Crippen molar-refractivity contribution in [3.63, 3.8) is 0 Å². The molecule has 0 aliphatic carbocycles. The number of aromatic amines is 1. The van der Waals surface area contributed by atoms with Gasteiger partial charge in [0, 0.05) is 43.7 Å². The smallest absolute Gasteiger partial charge is 0.327 e. The lowest BCUT2D eigenvalue weighted by atomic mass is 9.93. The Balaban J connectivity index is 1.29. The number of nitrogen functional groups attached to an aromatic ring is 1. The van der Waals surface area contributed by atoms with Crippen molar-refractivity contribution in [3.05, 3.63) is 57.6 Å². The second-order valence-corrected chi connectivity index (χ2v) is 12.6. The van der Waals surface area contributed by atoms with E-state index in [1.165, 1.54) is 6.20 Å². The number of nitrogens with two attached hydrogens (primary N) is 2. The van der Waals surface area contributed by atoms with Crippen LogP contribution in [-0.4, -0.2) is 123 Å². The average molecular weight is 788 g/mol. The summed E-state index contributed by atoms with van der Waals surface area (Å²) in [5.41, 5.74) is 12.9. The zero-order valence-electron chi connectivity index (χ0n) is 29.8. The number of rotatable bonds is 25. The highest BCUT2D eigenvalue weighted by atomic mass is 32.1. The van der Waals surface area contributed by atoms with Gasteiger partial charge in [0.1, 0.15) is 12.1 Å². The van der Waals surface area contributed by atoms with E-state index < -0.39 is 59.0 Å². The zero-order chi connectivity index (χ0) is 40.3. The van der Waals surface area contributed by atoms with Gasteiger partial charge in [-0.15, -0.1) is 0 Å². The summed E-state index contributed by atoms with van der Waals surface area (Å²) in [7, 11) is 0. The molecule has 1 aromatic carbocycles. The van der Waals surface area contributed by atoms with Crippen molar-refractivity contribution in [2.24, 2.45) is 11.7 Å². The average Bonchev–Trinajstić information content (AvgIpc) is 3.15. The molecule has 0 radical (unpaired) electrons. The molecule has 0 unspecified atom stereocenters. The number of ketones is 1. The van der Waals surface area contributed by atoms with Crippen LogP contribution in [0.5, 0.6) is 0 Å². The van der Waals surface area contributed by atoms with Crippen molar-refractivity contribution >= 4 is 65.2 Å². The first-order valence-corrected chi connectivity index (χ1v) is 17.9. The predicted octanol–water partition coefficient (Wildman–Crippen LogP) is -1.38. The number of amides is 3. The van der Waals surface area contributed by atoms with Crippen molar-refractivity contribution in [3.8, 4) is 0 Å². The SMILES string of the molecule is Nc1nc2ncc(CCc3ccc(C(=O)C[C@H](CCC(=O)NC[C@@H](N)C(=O)NCCOCCOCCC(=O)N[C@H](CS)C(=O)O)C(=O)O)cc3)nc2c(=O)[nH]1. The van der Waals surface area contributed by atoms with Gasteiger partial charge < -0.3 is 47.1 Å². The fourth-order valence-electron chi connectivity index (χ4n) is 4.90. The Kier molecular flexibility index (Phi) is 18.1. The zero-order valence-corrected chi connectivity index (χ0v) is 30.7. The Bertz CT molecular complexity index is 1860. The van der Waals surface area contributed by atoms with Crippen LogP contribution < -0.4 is 33.0 Å². The number of thiol groups is 1. The standard InChI is InChI=1S/C34H45N9O11S/c35-23(30(47)37-10-12-54-14-13-53-11-9-27(46)41-24(18-55)33(51)52)17-38-26(45)8-6-21(32(49)50)15-25(44)20-4-1-19(2-5-20)3-7-22-16-39-29-28(40-22)31(48)43-34(36)42-29/h1-2,4-5,16,21,23-24,55H,3,6-15,17-18,35H2,(H,37,47)(H,38,45)(H,41,46)(H,49,50)(H,51,52)(H3,36,39,42,43,48)/t21-,23+,24+/m0/s1. The minimum absolute atomic E-state index is 0.0341. The molecule has 2 heterocycles. The molecule has 3 atom stereocenters. The van der Waals surface area contributed by atoms with Gasteiger partial charge in [-0.3, -0.25) is 33.8 Å². The first-order valence-electron chi connectivity index (χ1n) is 17.2. The number of fused-ring (bicyclic) bond motifs is 1. The molecule has 2 aromatic heterocycles. The van der Waals surface area contributed by atoms with Gasteiger partial charge in [0.2, 0.25) is 23.7 Å². The van der Waals surface area contributed by atoms with Crippen LogP contribution in [0.1, 0.15) is 47.3 Å². The lowest BCUT2D eigenvalue weighted by molar-refractivity contribution is -0.142. The monoisotopic (exact) mass is 787 g/mol. The Labute approximate surface area is 320 Å². The maximum absolute atomic E-state index is 12.9. The molecular weight excluding hydrogens is 742 g/mol. The summed E-state index contributed by atoms with van der Waals surface area (Å²) >= 11 is 3.87. The second-order valence-electron chi connectivity index (χ2n) is 12.2. The van der Waals surface area contributed by atoms with Crippen LogP contribution in [0.4, 0.5) is 5.95 Å². The molecule has 20 nitrogen and oxygen atoms in total. The number of hydrogen-bond donors (Lipinski definition) is 9. The largest absolute Gasteiger partial charge is 0.481 e. The van der Waals surface area contributed by atoms with E-state index in [0.29, 0.717) is 24.1 Å². The van der Waals surface area contributed by atoms with Gasteiger partial charge in [-0.25, -0.2) is 14.8 Å². The number of carbonyl (C=O) groups is 6. The minimum Gasteiger partial charge on any atom is -0.481 e. The Morgan fingerprint density at radius 2 is 1.60 bits per heavy atom. The highest BCUT2D eigenvalue weighted by molar-refractivity contribution is 7.80. The minimum atomic E-state index is -1.22. The predicted molar refractivity (Wildman–Crippen MR) is 199 cm³/mol. The van der Waals surface area contributed by atoms with Gasteiger partial charge >= 0.3 is 11.9 Å². The number of ether oxygens (including phenoxy) is 2. The van der Waals surface area contributed by atoms with Gasteiger partial charge in [-0.2, -0.15) is 17.6 Å². The van der Waals surface area contributed by atoms with Crippen molar-refractivity contribution < 1.29 is 48.5 Å². The number of aromatic nitrogens is 4. The van der Waals surface area contributed by atoms with E-state index in [-0.39, 0.29) is 88.1 Å². The molecule has 0 aliphatic heterocycles. The van der Waals surface area contributed by atoms with Crippen molar-refractivity contribution in [1.82, 2.24) is 35.9 Å². The third-order valence-corrected chi connectivity index (χ3v) is 8.36. The van der Waals surface area contributed by atoms with Crippen LogP contribution in [0.25, 0.3) is 11.2 Å². The number of nitrogens with one attached hydrogen (secondary N) is 4. The van der Waals surface area contributed by atoms with Crippen molar-refractivity contribution in [2.45, 2.75) is 50.6 Å². The van der Waals surface area contributed by atoms with Gasteiger partial charge in [0.25, 0.3) is 5.56 Å². The van der Waals surface area contributed by atoms with Crippen LogP contribution in [0, 0.1) is 5.92 Å². The summed E-state index contributed by atoms with van der Waals surface area (Å²) in [6.45, 7) is 0.461. The lowest BCUT2D eigenvalue weighted by Crippen LogP contribution is -2.48. The number of anilines is 1. The van der Waals surface area contributed by atoms with Gasteiger partial charge in [0.15, 0.2) is 16.9 Å². The summed E-state index contributed by atoms with van der Waals surface area (Å²) in [5.74, 6) is -5.58. The molecule has 21 heteroatoms. The molecule has 0 spiro atoms. The van der Waals surface area contributed by atoms with E-state index in [4.69, 9.17) is 26.0 Å². The van der Waals surface area contributed by atoms with Crippen molar-refractivity contribution in [2.75, 3.05) is 51.0 Å². The van der Waals surface area contributed by atoms with E-state index in [0.717, 1.165) is 5.56 Å². The van der Waals surface area contributed by atoms with Gasteiger partial charge in [-0.05, 0) is 24.8 Å². The van der Waals surface area contributed by atoms with Crippen LogP contribution in [0.15, 0.2) is 35.3 Å². The molecule has 3 rings (SSSR count). The second kappa shape index (κ2) is 22.6. The summed E-state index contributed by atoms with van der Waals surface area (Å²) in [6.07, 6.45) is 1.82. The molecule has 0 saturated carbocycles. The third kappa shape index (κ3) is 15.4. The number of Topliss-reactive ketones (excluding diaryl/α,β-unsaturated/α-hetero) is 1. The number of nitrogens with zero attached hydrogens (tertiary/aromatic N) is 3. The summed E-state index contributed by atoms with van der Waals surface area (Å²) in [6, 6.07) is 4.51. The molecule has 3 aromatic rings. The van der Waals surface area contributed by atoms with Crippen molar-refractivity contribution in [1.29, 1.82) is 0 Å². The lowest BCUT2D eigenvalue weighted by Gasteiger charge is -2.15. The molecule has 3 amide bonds. The molecule has 55 heavy (non-hydrogen) atoms. The Morgan fingerprint density at radius 1 is 0.891 bits per heavy atom. The van der Waals surface area contributed by atoms with E-state index in [9.17, 15) is 38.7 Å². The normalized spacial score (nSPS) is 12.7. The van der Waals surface area contributed by atoms with Crippen LogP contribution in [0.3, 0.4) is 0 Å². The number of aliphatic carboxylic acids is 2. The number of carboxylic acids is 2. The van der Waals surface area contributed by atoms with E-state index in [1.807, 2.05) is 0 Å². The van der Waals surface area contributed by atoms with E-state index >= 15 is 0 Å². The first-order chi connectivity index (χ1) is 26.3. The number of hydrogen-bond acceptors (Lipinski definition) is 15. The number of carbonyl (C=O) groups excluding carboxylic acids is 4. The fourth-order valence-corrected chi connectivity index (χ4v) is 5.15. The Hall–Kier alpha value is -5.51. The Morgan fingerprint density at radius 3 is 2.27 bits per heavy atom. The third-order valence-electron chi connectivity index (χ3n) is 8.00. The molecular formula is C34H45N9O11S. The summed E-state index contributed by atoms with van der Waals surface area (Å²) in [4.78, 5) is 98.9. The summed E-state index contributed by atoms with van der Waals surface area (Å²) in [5, 5.41) is 26.0. The number of benzene rings is 1.